The van der Waals surface area contributed by atoms with E-state index in [1.165, 1.54) is 49.4 Å². The maximum atomic E-state index is 12.9. The number of thiol groups is 1. The maximum absolute atomic E-state index is 12.9. The summed E-state index contributed by atoms with van der Waals surface area (Å²) in [5, 5.41) is 80.0. The van der Waals surface area contributed by atoms with Crippen LogP contribution in [-0.2, 0) is 92.3 Å². The molecule has 2 heterocycles. The summed E-state index contributed by atoms with van der Waals surface area (Å²) in [6, 6.07) is 5.78. The van der Waals surface area contributed by atoms with Crippen LogP contribution in [0, 0.1) is 49.5 Å². The molecule has 2 aliphatic rings. The van der Waals surface area contributed by atoms with Gasteiger partial charge in [0.25, 0.3) is 0 Å². The van der Waals surface area contributed by atoms with E-state index in [1.807, 2.05) is 44.6 Å². The molecule has 126 heavy (non-hydrogen) atoms. The van der Waals surface area contributed by atoms with Gasteiger partial charge in [-0.2, -0.15) is 73.7 Å². The Bertz CT molecular complexity index is 3160. The fraction of sp³-hybridized carbons (Fsp3) is 0.785. The number of hydrogen-bond donors (Lipinski definition) is 14. The number of benzene rings is 1. The quantitative estimate of drug-likeness (QED) is 0.00422. The van der Waals surface area contributed by atoms with Crippen LogP contribution in [-0.4, -0.2) is 322 Å². The number of alkyl halides is 1. The first-order valence-corrected chi connectivity index (χ1v) is 49.5. The number of quaternary nitrogens is 2. The average molecular weight is 2040 g/mol. The molecule has 0 aliphatic carbocycles. The molecule has 0 saturated carbocycles. The smallest absolute Gasteiger partial charge is 1.00 e. The molecule has 2 saturated heterocycles. The van der Waals surface area contributed by atoms with Crippen LogP contribution in [0.25, 0.3) is 0 Å². The first kappa shape index (κ1) is 140. The third-order valence-electron chi connectivity index (χ3n) is 18.4. The van der Waals surface area contributed by atoms with Crippen molar-refractivity contribution in [3.63, 3.8) is 0 Å². The van der Waals surface area contributed by atoms with Crippen molar-refractivity contribution in [2.45, 2.75) is 232 Å². The number of nitrogens with one attached hydrogen (secondary N) is 3. The summed E-state index contributed by atoms with van der Waals surface area (Å²) < 4.78 is 80.4. The topological polar surface area (TPSA) is 591 Å². The van der Waals surface area contributed by atoms with Crippen LogP contribution in [0.2, 0.25) is 0 Å². The van der Waals surface area contributed by atoms with Crippen LogP contribution in [0.15, 0.2) is 29.2 Å². The number of aliphatic hydroxyl groups is 7. The van der Waals surface area contributed by atoms with E-state index in [0.717, 1.165) is 137 Å². The average Bonchev–Trinajstić information content (AvgIpc) is 0.787. The van der Waals surface area contributed by atoms with Gasteiger partial charge in [0.2, 0.25) is 28.1 Å². The number of aliphatic hydroxyl groups excluding tert-OH is 7. The van der Waals surface area contributed by atoms with Crippen LogP contribution >= 0.6 is 71.3 Å². The van der Waals surface area contributed by atoms with Gasteiger partial charge in [0, 0.05) is 98.8 Å². The number of rotatable bonds is 57. The minimum absolute atomic E-state index is 0. The van der Waals surface area contributed by atoms with Gasteiger partial charge in [0.05, 0.1) is 63.0 Å². The molecule has 0 radical (unpaired) electrons. The molecule has 2 fully saturated rings. The van der Waals surface area contributed by atoms with E-state index in [1.54, 1.807) is 63.5 Å². The van der Waals surface area contributed by atoms with E-state index in [4.69, 9.17) is 67.7 Å². The predicted octanol–water partition coefficient (Wildman–Crippen LogP) is -6.11. The Balaban J connectivity index is -0.000000235. The number of nitrogens with zero attached hydrogens (tertiary/aromatic N) is 2. The van der Waals surface area contributed by atoms with Crippen LogP contribution in [0.4, 0.5) is 0 Å². The third-order valence-corrected chi connectivity index (χ3v) is 24.4. The zero-order valence-electron chi connectivity index (χ0n) is 76.1. The molecule has 0 bridgehead atoms. The number of aryl methyl sites for hydroxylation is 1. The van der Waals surface area contributed by atoms with E-state index >= 15 is 0 Å². The second-order valence-corrected chi connectivity index (χ2v) is 35.7. The first-order valence-electron chi connectivity index (χ1n) is 41.0. The van der Waals surface area contributed by atoms with Crippen molar-refractivity contribution in [1.82, 2.24) is 26.1 Å². The fourth-order valence-corrected chi connectivity index (χ4v) is 15.5. The molecule has 3 rings (SSSR count). The van der Waals surface area contributed by atoms with Crippen LogP contribution < -0.4 is 104 Å². The monoisotopic (exact) mass is 2040 g/mol. The Hall–Kier alpha value is -0.980. The molecule has 9 unspecified atom stereocenters. The molecule has 0 aromatic heterocycles. The van der Waals surface area contributed by atoms with Gasteiger partial charge < -0.3 is 108 Å². The molecular formula is C79H146BrClN7Na2O29S7-. The van der Waals surface area contributed by atoms with Crippen LogP contribution in [0.1, 0.15) is 170 Å². The van der Waals surface area contributed by atoms with Gasteiger partial charge in [-0.3, -0.25) is 54.2 Å². The molecule has 14 atom stereocenters. The normalized spacial score (nSPS) is 18.2. The van der Waals surface area contributed by atoms with E-state index < -0.39 is 82.4 Å². The predicted molar refractivity (Wildman–Crippen MR) is 476 cm³/mol. The van der Waals surface area contributed by atoms with E-state index in [2.05, 4.69) is 53.9 Å². The Kier molecular flexibility index (Phi) is 101. The largest absolute Gasteiger partial charge is 1.00 e. The number of ketones is 5. The number of thioether (sulfide) groups is 4. The Morgan fingerprint density at radius 1 is 0.643 bits per heavy atom. The number of hydroxylamine groups is 4. The minimum Gasteiger partial charge on any atom is -1.00 e. The zero-order valence-corrected chi connectivity index (χ0v) is 88.3. The summed E-state index contributed by atoms with van der Waals surface area (Å²) in [6.07, 6.45) is 4.99. The number of amides is 3. The molecule has 47 heteroatoms. The minimum atomic E-state index is -4.92. The van der Waals surface area contributed by atoms with E-state index in [0.29, 0.717) is 93.2 Å². The molecule has 17 N–H and O–H groups in total. The number of ether oxygens (including phenoxy) is 3. The SMILES string of the molecule is CCC(CCCNC(=O)CCl)C(C)=O.CCC(CCCNC(=O)CSCC(O)CO)C(=O)CC(CCCNC(=O)CSCCSCCCN(C)OC)C(C)=O.CCC(CCC[NH3+])C(C)=O.CCC(CCC[NH3+])C(C)=O.CON(CCCSCCS)[C@@H]1OC(CO)[C@H](O)[C@H](O[C@@H]2O[CH-][C@@H](O)[CH-]C2O)C1O.Cc1ccc(S(=O)(=O)[O-])cc1.O=C=O.O=S(=O)([O-])O.[Br-].[Na+].[Na+]. The number of carbonyl (C=O) groups excluding carboxylic acids is 10. The summed E-state index contributed by atoms with van der Waals surface area (Å²) in [4.78, 5) is 119. The van der Waals surface area contributed by atoms with Gasteiger partial charge in [-0.15, -0.1) is 23.4 Å². The maximum Gasteiger partial charge on any atom is 1.00 e. The Morgan fingerprint density at radius 3 is 1.46 bits per heavy atom. The molecule has 0 spiro atoms. The Labute approximate surface area is 830 Å². The fourth-order valence-electron chi connectivity index (χ4n) is 11.2. The van der Waals surface area contributed by atoms with Gasteiger partial charge in [-0.25, -0.2) is 23.4 Å². The summed E-state index contributed by atoms with van der Waals surface area (Å²) in [7, 11) is -4.18. The number of carbonyl (C=O) groups is 8. The summed E-state index contributed by atoms with van der Waals surface area (Å²) in [5.41, 5.74) is 8.41. The van der Waals surface area contributed by atoms with Gasteiger partial charge >= 0.3 is 65.3 Å². The van der Waals surface area contributed by atoms with Crippen molar-refractivity contribution in [2.75, 3.05) is 138 Å². The van der Waals surface area contributed by atoms with E-state index in [-0.39, 0.29) is 165 Å². The molecule has 3 amide bonds. The molecule has 36 nitrogen and oxygen atoms in total. The number of hydrogen-bond acceptors (Lipinski definition) is 35. The van der Waals surface area contributed by atoms with Gasteiger partial charge in [0.1, 0.15) is 75.6 Å². The van der Waals surface area contributed by atoms with Crippen molar-refractivity contribution in [3.05, 3.63) is 42.9 Å². The summed E-state index contributed by atoms with van der Waals surface area (Å²) in [6.45, 7) is 21.4. The molecule has 730 valence electrons. The van der Waals surface area contributed by atoms with Gasteiger partial charge in [-0.05, 0) is 173 Å². The molecule has 2 aliphatic heterocycles. The van der Waals surface area contributed by atoms with Crippen molar-refractivity contribution in [2.24, 2.45) is 29.6 Å². The standard InChI is InChI=1S/C28H53N3O7S3.C17H31NO9S2.C10H18ClNO2.2C8H17NO.C7H8O3S.CO2.BrH.2Na.H2O4S/c1-5-23(9-6-11-30-28(37)21-41-19-25(34)18-32)26(35)17-24(22(2)33)10-7-12-29-27(36)20-40-16-15-39-14-8-13-31(3)38-4;1-24-18(3-2-5-29-6-4-28)16-14(23)15(13(22)12(8-19)26-16)27-17-11(21)7-10(20)9-25-17;1-3-9(8(2)13)5-4-6-12-10(14)7-11;2*1-3-8(7(2)10)5-4-6-9;1-6-2-4-7(5-3-6)11(8,9)10;2-1-3;;;;1-5(2,3)4/h23-25,32,34H,5-21H2,1-4H3,(H,29,36)(H,30,37);7,9-17,19-23,28H,2-6,8H2,1H3;9H,3-7H2,1-2H3,(H,12,14);2*8H,3-6,9H2,1-2H3;2-5H,1H3,(H,8,9,10);;1H;;;(H2,1,2,3,4)/q;-2;;;;;;;2*+1;/p-1/t;10-,11?,12?,13-,14?,15-,16+,17-;;;;;;;;;/m.0........./s1. The molecular weight excluding hydrogens is 1900 g/mol. The first-order chi connectivity index (χ1) is 58.0. The molecule has 1 aromatic rings. The number of Topliss-reactive ketones (excluding diaryl/α,β-unsaturated/α-hetero) is 5. The van der Waals surface area contributed by atoms with Crippen LogP contribution in [0.3, 0.4) is 0 Å². The molecule has 1 aromatic carbocycles. The third kappa shape index (κ3) is 80.3. The summed E-state index contributed by atoms with van der Waals surface area (Å²) >= 11 is 16.0. The Morgan fingerprint density at radius 2 is 1.06 bits per heavy atom. The summed E-state index contributed by atoms with van der Waals surface area (Å²) in [5.74, 6) is 7.44. The van der Waals surface area contributed by atoms with Crippen molar-refractivity contribution >= 4 is 145 Å². The number of halogens is 2. The van der Waals surface area contributed by atoms with Crippen molar-refractivity contribution in [3.8, 4) is 0 Å². The second-order valence-electron chi connectivity index (χ2n) is 28.2. The van der Waals surface area contributed by atoms with E-state index in [9.17, 15) is 82.0 Å². The van der Waals surface area contributed by atoms with Gasteiger partial charge in [-0.1, -0.05) is 45.4 Å². The zero-order chi connectivity index (χ0) is 94.9. The van der Waals surface area contributed by atoms with Crippen molar-refractivity contribution < 1.29 is 226 Å². The second kappa shape index (κ2) is 90.5. The van der Waals surface area contributed by atoms with Crippen molar-refractivity contribution in [1.29, 1.82) is 0 Å². The van der Waals surface area contributed by atoms with Crippen LogP contribution in [0.5, 0.6) is 0 Å². The van der Waals surface area contributed by atoms with Gasteiger partial charge in [0.15, 0.2) is 6.23 Å².